The number of rotatable bonds is 13. The number of hydrogen-bond acceptors (Lipinski definition) is 13. The number of nitrogen functional groups attached to an aromatic ring is 1. The number of likely N-dealkylation sites (N-methyl/N-ethyl adjacent to an activating group) is 1. The van der Waals surface area contributed by atoms with Crippen LogP contribution in [0.15, 0.2) is 24.5 Å². The molecule has 0 saturated carbocycles. The van der Waals surface area contributed by atoms with Crippen LogP contribution < -0.4 is 5.73 Å². The maximum absolute atomic E-state index is 14.7. The molecule has 13 atom stereocenters. The van der Waals surface area contributed by atoms with Crippen molar-refractivity contribution in [2.75, 3.05) is 39.7 Å². The van der Waals surface area contributed by atoms with E-state index in [0.717, 1.165) is 12.1 Å². The van der Waals surface area contributed by atoms with Crippen molar-refractivity contribution >= 4 is 29.3 Å². The van der Waals surface area contributed by atoms with E-state index in [-0.39, 0.29) is 37.3 Å². The average Bonchev–Trinajstić information content (AvgIpc) is 3.82. The van der Waals surface area contributed by atoms with Crippen LogP contribution in [0.1, 0.15) is 87.5 Å². The van der Waals surface area contributed by atoms with E-state index in [4.69, 9.17) is 29.4 Å². The van der Waals surface area contributed by atoms with Crippen LogP contribution in [0.2, 0.25) is 0 Å². The Morgan fingerprint density at radius 1 is 1.00 bits per heavy atom. The summed E-state index contributed by atoms with van der Waals surface area (Å²) in [5.74, 6) is -7.32. The Balaban J connectivity index is 1.42. The molecule has 0 radical (unpaired) electrons. The van der Waals surface area contributed by atoms with Crippen LogP contribution in [-0.2, 0) is 44.6 Å². The summed E-state index contributed by atoms with van der Waals surface area (Å²) in [5.41, 5.74) is 2.76. The Morgan fingerprint density at radius 3 is 2.27 bits per heavy atom. The van der Waals surface area contributed by atoms with E-state index in [1.807, 2.05) is 6.92 Å². The summed E-state index contributed by atoms with van der Waals surface area (Å²) in [5, 5.41) is 15.9. The van der Waals surface area contributed by atoms with Gasteiger partial charge in [-0.05, 0) is 84.5 Å². The maximum Gasteiger partial charge on any atom is 0.410 e. The molecule has 1 aromatic heterocycles. The number of fused-ring (bicyclic) bond motifs is 1. The second-order valence-corrected chi connectivity index (χ2v) is 18.1. The summed E-state index contributed by atoms with van der Waals surface area (Å²) in [7, 11) is 3.13. The molecule has 1 aromatic carbocycles. The Hall–Kier alpha value is -4.10. The van der Waals surface area contributed by atoms with Crippen LogP contribution in [0.25, 0.3) is 11.1 Å². The first-order chi connectivity index (χ1) is 29.6. The third kappa shape index (κ3) is 10.4. The summed E-state index contributed by atoms with van der Waals surface area (Å²) in [6, 6.07) is 0.847. The number of methoxy groups -OCH3 is 1. The topological polar surface area (TPSA) is 185 Å². The summed E-state index contributed by atoms with van der Waals surface area (Å²) < 4.78 is 74.3. The molecule has 1 amide bonds. The number of Topliss-reactive ketones (excluding diaryl/α,β-unsaturated/α-hetero) is 2. The molecule has 3 saturated heterocycles. The molecule has 3 fully saturated rings. The van der Waals surface area contributed by atoms with E-state index >= 15 is 0 Å². The highest BCUT2D eigenvalue weighted by Gasteiger charge is 2.60. The third-order valence-electron chi connectivity index (χ3n) is 13.6. The number of cyclic esters (lactones) is 1. The first kappa shape index (κ1) is 49.9. The highest BCUT2D eigenvalue weighted by molar-refractivity contribution is 6.00. The number of anilines is 1. The quantitative estimate of drug-likeness (QED) is 0.108. The fourth-order valence-corrected chi connectivity index (χ4v) is 9.87. The number of carbonyl (C=O) groups is 4. The number of ether oxygens (including phenoxy) is 5. The number of ketones is 2. The number of hydrogen-bond donors (Lipinski definition) is 2. The second kappa shape index (κ2) is 20.4. The summed E-state index contributed by atoms with van der Waals surface area (Å²) in [6.07, 6.45) is -1.09. The molecule has 4 heterocycles. The van der Waals surface area contributed by atoms with E-state index in [0.29, 0.717) is 31.4 Å². The predicted molar refractivity (Wildman–Crippen MR) is 226 cm³/mol. The summed E-state index contributed by atoms with van der Waals surface area (Å²) >= 11 is 0. The van der Waals surface area contributed by atoms with Crippen molar-refractivity contribution in [3.63, 3.8) is 0 Å². The van der Waals surface area contributed by atoms with Crippen molar-refractivity contribution in [3.05, 3.63) is 36.2 Å². The van der Waals surface area contributed by atoms with Gasteiger partial charge in [0.15, 0.2) is 17.7 Å². The molecule has 0 spiro atoms. The molecule has 3 aliphatic heterocycles. The van der Waals surface area contributed by atoms with Gasteiger partial charge in [-0.25, -0.2) is 18.0 Å². The van der Waals surface area contributed by atoms with Crippen molar-refractivity contribution in [2.45, 2.75) is 148 Å². The normalized spacial score (nSPS) is 34.8. The second-order valence-electron chi connectivity index (χ2n) is 18.1. The number of aryl methyl sites for hydroxylation is 1. The van der Waals surface area contributed by atoms with Gasteiger partial charge in [0.1, 0.15) is 47.9 Å². The van der Waals surface area contributed by atoms with Gasteiger partial charge in [-0.1, -0.05) is 27.7 Å². The van der Waals surface area contributed by atoms with Crippen LogP contribution in [0.3, 0.4) is 0 Å². The van der Waals surface area contributed by atoms with Gasteiger partial charge in [0.2, 0.25) is 0 Å². The zero-order valence-electron chi connectivity index (χ0n) is 38.1. The molecule has 18 heteroatoms. The Kier molecular flexibility index (Phi) is 16.1. The standard InChI is InChI=1S/C45H66F3N5O10/c1-11-34-45(8)39(53(43(58)63-45)16-13-12-15-52-23-30(22-50-52)29-19-31(47)35(49)32(48)20-29)26(4)36(54)24(2)21-44(7,59-10)40(27(5)37(55)28(6)41(57)61-34)62-42-38(56)33(18-25(3)60-42)51(9)17-14-46/h19-20,22-28,33-34,38-40,42,56H,11-18,21,49H2,1-10H3/t24-,25-,26+,27+,28-,33+,34-,38-,39+,40-,42+,44-,45-/m1/s1. The number of nitrogens with two attached hydrogens (primary N) is 1. The lowest BCUT2D eigenvalue weighted by atomic mass is 9.73. The zero-order valence-corrected chi connectivity index (χ0v) is 38.1. The minimum absolute atomic E-state index is 0.0360. The molecular weight excluding hydrogens is 828 g/mol. The fourth-order valence-electron chi connectivity index (χ4n) is 9.87. The lowest BCUT2D eigenvalue weighted by Crippen LogP contribution is -2.60. The number of nitrogens with zero attached hydrogens (tertiary/aromatic N) is 4. The fraction of sp³-hybridized carbons (Fsp3) is 0.711. The van der Waals surface area contributed by atoms with Crippen molar-refractivity contribution in [2.24, 2.45) is 23.7 Å². The highest BCUT2D eigenvalue weighted by atomic mass is 19.1. The molecule has 15 nitrogen and oxygen atoms in total. The number of aromatic nitrogens is 2. The van der Waals surface area contributed by atoms with E-state index < -0.39 is 120 Å². The Morgan fingerprint density at radius 2 is 1.65 bits per heavy atom. The SMILES string of the molecule is CC[C@H]1OC(=O)[C@H](C)C(=O)[C@H](C)[C@@H](O[C@@H]2O[C@H](C)C[C@H](N(C)CCF)[C@H]2O)[C@](C)(OC)C[C@@H](C)C(=O)[C@H](C)[C@@H]2N(CCCCn3cc(-c4cc(F)c(N)c(F)c4)cn3)C(=O)O[C@@]21C. The molecule has 3 N–H and O–H groups in total. The Labute approximate surface area is 368 Å². The highest BCUT2D eigenvalue weighted by Crippen LogP contribution is 2.43. The minimum atomic E-state index is -1.50. The van der Waals surface area contributed by atoms with Gasteiger partial charge in [-0.3, -0.25) is 24.0 Å². The first-order valence-electron chi connectivity index (χ1n) is 22.0. The molecule has 63 heavy (non-hydrogen) atoms. The van der Waals surface area contributed by atoms with Crippen molar-refractivity contribution < 1.29 is 61.1 Å². The third-order valence-corrected chi connectivity index (χ3v) is 13.6. The van der Waals surface area contributed by atoms with Gasteiger partial charge in [0, 0.05) is 62.3 Å². The summed E-state index contributed by atoms with van der Waals surface area (Å²) in [6.45, 7) is 13.4. The van der Waals surface area contributed by atoms with Crippen LogP contribution in [0.4, 0.5) is 23.7 Å². The van der Waals surface area contributed by atoms with E-state index in [2.05, 4.69) is 5.10 Å². The molecule has 0 bridgehead atoms. The largest absolute Gasteiger partial charge is 0.458 e. The molecule has 352 valence electrons. The molecule has 2 aromatic rings. The number of carbonyl (C=O) groups excluding carboxylic acids is 4. The van der Waals surface area contributed by atoms with Crippen LogP contribution in [-0.4, -0.2) is 136 Å². The molecular formula is C45H66F3N5O10. The molecule has 5 rings (SSSR count). The smallest absolute Gasteiger partial charge is 0.410 e. The Bertz CT molecular complexity index is 1930. The molecule has 0 unspecified atom stereocenters. The monoisotopic (exact) mass is 893 g/mol. The van der Waals surface area contributed by atoms with Gasteiger partial charge < -0.3 is 39.4 Å². The van der Waals surface area contributed by atoms with E-state index in [1.54, 1.807) is 64.4 Å². The number of aliphatic hydroxyl groups excluding tert-OH is 1. The number of halogens is 3. The zero-order chi connectivity index (χ0) is 46.7. The van der Waals surface area contributed by atoms with Crippen LogP contribution >= 0.6 is 0 Å². The summed E-state index contributed by atoms with van der Waals surface area (Å²) in [4.78, 5) is 60.2. The van der Waals surface area contributed by atoms with E-state index in [1.165, 1.54) is 25.1 Å². The van der Waals surface area contributed by atoms with Gasteiger partial charge in [-0.15, -0.1) is 0 Å². The number of esters is 1. The maximum atomic E-state index is 14.7. The number of aliphatic hydroxyl groups is 1. The first-order valence-corrected chi connectivity index (χ1v) is 22.0. The van der Waals surface area contributed by atoms with Gasteiger partial charge in [0.05, 0.1) is 30.0 Å². The number of unbranched alkanes of at least 4 members (excludes halogenated alkanes) is 1. The lowest BCUT2D eigenvalue weighted by Gasteiger charge is -2.47. The average molecular weight is 894 g/mol. The van der Waals surface area contributed by atoms with Crippen LogP contribution in [0.5, 0.6) is 0 Å². The number of alkyl halides is 1. The molecule has 0 aliphatic carbocycles. The van der Waals surface area contributed by atoms with Crippen molar-refractivity contribution in [1.82, 2.24) is 19.6 Å². The van der Waals surface area contributed by atoms with Gasteiger partial charge in [0.25, 0.3) is 0 Å². The minimum Gasteiger partial charge on any atom is -0.458 e. The van der Waals surface area contributed by atoms with Crippen LogP contribution in [0, 0.1) is 35.3 Å². The molecule has 3 aliphatic rings. The number of amides is 1. The lowest BCUT2D eigenvalue weighted by molar-refractivity contribution is -0.296. The van der Waals surface area contributed by atoms with Crippen molar-refractivity contribution in [3.8, 4) is 11.1 Å². The number of benzene rings is 1. The van der Waals surface area contributed by atoms with Gasteiger partial charge in [-0.2, -0.15) is 5.10 Å². The van der Waals surface area contributed by atoms with Gasteiger partial charge >= 0.3 is 12.1 Å². The van der Waals surface area contributed by atoms with Crippen molar-refractivity contribution in [1.29, 1.82) is 0 Å². The van der Waals surface area contributed by atoms with E-state index in [9.17, 15) is 37.5 Å². The predicted octanol–water partition coefficient (Wildman–Crippen LogP) is 5.73.